The van der Waals surface area contributed by atoms with E-state index in [1.165, 1.54) is 0 Å². The van der Waals surface area contributed by atoms with Crippen molar-refractivity contribution in [1.29, 1.82) is 0 Å². The van der Waals surface area contributed by atoms with Crippen LogP contribution >= 0.6 is 0 Å². The van der Waals surface area contributed by atoms with Crippen LogP contribution in [0.3, 0.4) is 0 Å². The van der Waals surface area contributed by atoms with Crippen LogP contribution in [0.2, 0.25) is 18.1 Å². The second kappa shape index (κ2) is 7.16. The fourth-order valence-electron chi connectivity index (χ4n) is 0.511. The van der Waals surface area contributed by atoms with Crippen LogP contribution in [0.4, 0.5) is 0 Å². The van der Waals surface area contributed by atoms with Gasteiger partial charge in [0.15, 0.2) is 8.32 Å². The van der Waals surface area contributed by atoms with E-state index in [2.05, 4.69) is 33.9 Å². The Morgan fingerprint density at radius 1 is 1.29 bits per heavy atom. The Labute approximate surface area is 109 Å². The summed E-state index contributed by atoms with van der Waals surface area (Å²) in [5, 5.41) is 0.280. The van der Waals surface area contributed by atoms with E-state index in [0.717, 1.165) is 5.57 Å². The van der Waals surface area contributed by atoms with Crippen LogP contribution in [0.1, 0.15) is 27.7 Å². The van der Waals surface area contributed by atoms with Crippen molar-refractivity contribution in [2.45, 2.75) is 45.8 Å². The largest absolute Gasteiger partial charge is 1.00 e. The van der Waals surface area contributed by atoms with Crippen LogP contribution in [-0.2, 0) is 23.9 Å². The molecule has 0 aliphatic carbocycles. The molecule has 0 N–H and O–H groups in total. The quantitative estimate of drug-likeness (QED) is 0.682. The van der Waals surface area contributed by atoms with Gasteiger partial charge < -0.3 is 16.8 Å². The maximum atomic E-state index is 5.83. The molecule has 0 aromatic carbocycles. The normalized spacial score (nSPS) is 11.3. The summed E-state index contributed by atoms with van der Waals surface area (Å²) in [6.07, 6.45) is 0. The van der Waals surface area contributed by atoms with E-state index in [1.54, 1.807) is 0 Å². The van der Waals surface area contributed by atoms with Gasteiger partial charge in [-0.1, -0.05) is 27.4 Å². The average molecular weight is 286 g/mol. The first-order chi connectivity index (χ1) is 5.17. The van der Waals surface area contributed by atoms with Crippen LogP contribution in [0.15, 0.2) is 5.57 Å². The first-order valence-electron chi connectivity index (χ1n) is 4.39. The molecule has 0 fully saturated rings. The van der Waals surface area contributed by atoms with Crippen LogP contribution in [0.25, 0.3) is 0 Å². The third kappa shape index (κ3) is 7.17. The number of hydrogen-bond donors (Lipinski definition) is 0. The molecule has 0 aromatic heterocycles. The van der Waals surface area contributed by atoms with E-state index in [4.69, 9.17) is 11.0 Å². The van der Waals surface area contributed by atoms with E-state index in [-0.39, 0.29) is 36.9 Å². The standard InChI is InChI=1S/C10H21OSi.ClH.Zn/c1-9(2)8-11-12(6,7)10(3,4)5;;/h1H,8H2,2-7H3;1H;/p-1. The molecule has 0 aliphatic heterocycles. The van der Waals surface area contributed by atoms with Gasteiger partial charge in [0.25, 0.3) is 0 Å². The SMILES string of the molecule is [CH]=C(C)CO[Si](C)(C)C(C)(C)C.[Cl-].[Zn]. The second-order valence-corrected chi connectivity index (χ2v) is 9.70. The van der Waals surface area contributed by atoms with Crippen molar-refractivity contribution >= 4 is 8.32 Å². The van der Waals surface area contributed by atoms with Crippen molar-refractivity contribution in [2.75, 3.05) is 6.61 Å². The minimum Gasteiger partial charge on any atom is -1.00 e. The summed E-state index contributed by atoms with van der Waals surface area (Å²) in [5.74, 6) is 0. The van der Waals surface area contributed by atoms with Gasteiger partial charge >= 0.3 is 0 Å². The van der Waals surface area contributed by atoms with Gasteiger partial charge in [-0.15, -0.1) is 0 Å². The molecule has 81 valence electrons. The summed E-state index contributed by atoms with van der Waals surface area (Å²) in [6.45, 7) is 19.2. The van der Waals surface area contributed by atoms with Gasteiger partial charge in [-0.2, -0.15) is 0 Å². The number of halogens is 1. The summed E-state index contributed by atoms with van der Waals surface area (Å²) >= 11 is 0. The molecule has 0 unspecified atom stereocenters. The molecule has 0 saturated heterocycles. The molecule has 0 spiro atoms. The Balaban J connectivity index is -0.000000605. The van der Waals surface area contributed by atoms with Crippen LogP contribution in [0, 0.1) is 6.58 Å². The molecule has 0 saturated carbocycles. The third-order valence-corrected chi connectivity index (χ3v) is 6.95. The molecular formula is C10H21ClOSiZn-. The second-order valence-electron chi connectivity index (χ2n) is 4.90. The van der Waals surface area contributed by atoms with Crippen molar-refractivity contribution in [2.24, 2.45) is 0 Å². The van der Waals surface area contributed by atoms with Gasteiger partial charge in [0.2, 0.25) is 0 Å². The van der Waals surface area contributed by atoms with Crippen molar-refractivity contribution in [1.82, 2.24) is 0 Å². The smallest absolute Gasteiger partial charge is 0.192 e. The maximum Gasteiger partial charge on any atom is 0.192 e. The molecule has 14 heavy (non-hydrogen) atoms. The van der Waals surface area contributed by atoms with Gasteiger partial charge in [0.05, 0.1) is 6.61 Å². The van der Waals surface area contributed by atoms with Gasteiger partial charge in [-0.3, -0.25) is 0 Å². The predicted molar refractivity (Wildman–Crippen MR) is 56.6 cm³/mol. The number of hydrogen-bond acceptors (Lipinski definition) is 1. The molecule has 1 radical (unpaired) electrons. The molecule has 0 bridgehead atoms. The van der Waals surface area contributed by atoms with Crippen LogP contribution in [0.5, 0.6) is 0 Å². The molecule has 0 heterocycles. The summed E-state index contributed by atoms with van der Waals surface area (Å²) < 4.78 is 5.83. The van der Waals surface area contributed by atoms with Gasteiger partial charge in [-0.25, -0.2) is 0 Å². The van der Waals surface area contributed by atoms with Gasteiger partial charge in [-0.05, 0) is 30.6 Å². The first-order valence-corrected chi connectivity index (χ1v) is 7.29. The molecule has 0 amide bonds. The molecule has 4 heteroatoms. The molecule has 0 aromatic rings. The molecule has 0 atom stereocenters. The Hall–Kier alpha value is 0.830. The van der Waals surface area contributed by atoms with Crippen molar-refractivity contribution in [3.05, 3.63) is 12.2 Å². The van der Waals surface area contributed by atoms with Gasteiger partial charge in [0.1, 0.15) is 0 Å². The summed E-state index contributed by atoms with van der Waals surface area (Å²) in [5.41, 5.74) is 0.861. The minimum absolute atomic E-state index is 0. The summed E-state index contributed by atoms with van der Waals surface area (Å²) in [6, 6.07) is 0. The monoisotopic (exact) mass is 284 g/mol. The van der Waals surface area contributed by atoms with E-state index < -0.39 is 8.32 Å². The molecule has 1 nitrogen and oxygen atoms in total. The topological polar surface area (TPSA) is 9.23 Å². The van der Waals surface area contributed by atoms with Crippen molar-refractivity contribution < 1.29 is 36.3 Å². The molecule has 0 aliphatic rings. The predicted octanol–water partition coefficient (Wildman–Crippen LogP) is 0.389. The van der Waals surface area contributed by atoms with E-state index in [9.17, 15) is 0 Å². The Kier molecular flexibility index (Phi) is 10.4. The third-order valence-electron chi connectivity index (χ3n) is 2.47. The Bertz CT molecular complexity index is 175. The Morgan fingerprint density at radius 2 is 1.64 bits per heavy atom. The molecular weight excluding hydrogens is 265 g/mol. The average Bonchev–Trinajstić information content (AvgIpc) is 1.81. The van der Waals surface area contributed by atoms with Crippen molar-refractivity contribution in [3.63, 3.8) is 0 Å². The van der Waals surface area contributed by atoms with Crippen molar-refractivity contribution in [3.8, 4) is 0 Å². The van der Waals surface area contributed by atoms with Crippen LogP contribution < -0.4 is 12.4 Å². The summed E-state index contributed by atoms with van der Waals surface area (Å²) in [4.78, 5) is 0. The Morgan fingerprint density at radius 3 is 1.86 bits per heavy atom. The van der Waals surface area contributed by atoms with E-state index in [0.29, 0.717) is 6.61 Å². The zero-order chi connectivity index (χ0) is 9.99. The van der Waals surface area contributed by atoms with Gasteiger partial charge in [0, 0.05) is 19.5 Å². The van der Waals surface area contributed by atoms with Crippen LogP contribution in [-0.4, -0.2) is 14.9 Å². The van der Waals surface area contributed by atoms with E-state index >= 15 is 0 Å². The zero-order valence-corrected chi connectivity index (χ0v) is 15.0. The fraction of sp³-hybridized carbons (Fsp3) is 0.800. The summed E-state index contributed by atoms with van der Waals surface area (Å²) in [7, 11) is -1.57. The molecule has 0 rings (SSSR count). The van der Waals surface area contributed by atoms with E-state index in [1.807, 2.05) is 6.92 Å². The maximum absolute atomic E-state index is 5.83. The minimum atomic E-state index is -1.57. The first kappa shape index (κ1) is 20.3. The fourth-order valence-corrected chi connectivity index (χ4v) is 1.53. The number of rotatable bonds is 3. The zero-order valence-electron chi connectivity index (χ0n) is 10.3.